The lowest BCUT2D eigenvalue weighted by atomic mass is 9.82. The van der Waals surface area contributed by atoms with Crippen LogP contribution in [0.25, 0.3) is 0 Å². The normalized spacial score (nSPS) is 17.7. The maximum Gasteiger partial charge on any atom is 0.310 e. The van der Waals surface area contributed by atoms with Gasteiger partial charge >= 0.3 is 11.9 Å². The molecule has 0 fully saturated rings. The predicted octanol–water partition coefficient (Wildman–Crippen LogP) is 6.83. The molecule has 0 spiro atoms. The lowest BCUT2D eigenvalue weighted by Crippen LogP contribution is -2.27. The first-order valence-electron chi connectivity index (χ1n) is 15.7. The van der Waals surface area contributed by atoms with Gasteiger partial charge in [-0.1, -0.05) is 0 Å². The van der Waals surface area contributed by atoms with Gasteiger partial charge in [-0.3, -0.25) is 9.59 Å². The Morgan fingerprint density at radius 3 is 1.23 bits per heavy atom. The number of fused-ring (bicyclic) bond motifs is 8. The third-order valence-corrected chi connectivity index (χ3v) is 9.74. The minimum absolute atomic E-state index is 0.155. The van der Waals surface area contributed by atoms with Gasteiger partial charge in [0, 0.05) is 67.2 Å². The number of hydrogen-bond acceptors (Lipinski definition) is 4. The van der Waals surface area contributed by atoms with Crippen LogP contribution in [0.1, 0.15) is 126 Å². The fraction of sp³-hybridized carbons (Fsp3) is 0.500. The molecule has 4 aromatic heterocycles. The van der Waals surface area contributed by atoms with Crippen molar-refractivity contribution in [2.75, 3.05) is 13.2 Å². The van der Waals surface area contributed by atoms with Crippen molar-refractivity contribution >= 4 is 11.9 Å². The number of aromatic nitrogens is 4. The topological polar surface area (TPSA) is 116 Å². The van der Waals surface area contributed by atoms with Crippen molar-refractivity contribution < 1.29 is 19.1 Å². The minimum Gasteiger partial charge on any atom is -0.466 e. The summed E-state index contributed by atoms with van der Waals surface area (Å²) in [6.07, 6.45) is 0.309. The summed E-state index contributed by atoms with van der Waals surface area (Å²) in [7, 11) is 0. The quantitative estimate of drug-likeness (QED) is 0.182. The molecule has 5 rings (SSSR count). The number of esters is 2. The minimum atomic E-state index is -0.575. The second-order valence-corrected chi connectivity index (χ2v) is 14.2. The SMILES string of the molecule is CCOC(=O)Cc1cc2[nH]c1C(C)(C)c1cc(CC(=O)OCC)c([nH]1)C(C)(C)c1ccc([nH]1)C(C)(C)c1ccc([nH]1)C2(C)C. The van der Waals surface area contributed by atoms with Crippen LogP contribution in [0.15, 0.2) is 36.4 Å². The number of H-pyrrole nitrogens is 4. The van der Waals surface area contributed by atoms with Crippen molar-refractivity contribution in [1.82, 2.24) is 19.9 Å². The highest BCUT2D eigenvalue weighted by molar-refractivity contribution is 5.74. The smallest absolute Gasteiger partial charge is 0.310 e. The molecule has 4 aromatic rings. The maximum absolute atomic E-state index is 12.8. The summed E-state index contributed by atoms with van der Waals surface area (Å²) in [6.45, 7) is 21.7. The summed E-state index contributed by atoms with van der Waals surface area (Å²) < 4.78 is 10.8. The van der Waals surface area contributed by atoms with E-state index in [0.717, 1.165) is 56.7 Å². The Labute approximate surface area is 260 Å². The van der Waals surface area contributed by atoms with Gasteiger partial charge in [-0.15, -0.1) is 0 Å². The van der Waals surface area contributed by atoms with E-state index >= 15 is 0 Å². The van der Waals surface area contributed by atoms with Crippen molar-refractivity contribution in [2.45, 2.75) is 104 Å². The Kier molecular flexibility index (Phi) is 7.80. The molecule has 1 aliphatic heterocycles. The molecule has 0 unspecified atom stereocenters. The zero-order valence-corrected chi connectivity index (χ0v) is 27.9. The summed E-state index contributed by atoms with van der Waals surface area (Å²) >= 11 is 0. The fourth-order valence-electron chi connectivity index (χ4n) is 6.61. The Bertz CT molecular complexity index is 1670. The molecule has 44 heavy (non-hydrogen) atoms. The number of nitrogens with one attached hydrogen (secondary N) is 4. The molecule has 0 atom stereocenters. The van der Waals surface area contributed by atoms with Crippen LogP contribution in [0.3, 0.4) is 0 Å². The third-order valence-electron chi connectivity index (χ3n) is 9.74. The molecule has 8 nitrogen and oxygen atoms in total. The number of carbonyl (C=O) groups is 2. The second kappa shape index (κ2) is 10.9. The van der Waals surface area contributed by atoms with E-state index in [-0.39, 0.29) is 30.2 Å². The molecule has 8 bridgehead atoms. The zero-order valence-electron chi connectivity index (χ0n) is 27.9. The molecule has 0 saturated carbocycles. The number of carbonyl (C=O) groups excluding carboxylic acids is 2. The van der Waals surface area contributed by atoms with Gasteiger partial charge in [0.05, 0.1) is 26.1 Å². The van der Waals surface area contributed by atoms with Crippen LogP contribution in [0.4, 0.5) is 0 Å². The van der Waals surface area contributed by atoms with Gasteiger partial charge in [0.2, 0.25) is 0 Å². The van der Waals surface area contributed by atoms with Crippen LogP contribution in [0, 0.1) is 0 Å². The van der Waals surface area contributed by atoms with Gasteiger partial charge in [0.15, 0.2) is 0 Å². The first-order valence-corrected chi connectivity index (χ1v) is 15.7. The van der Waals surface area contributed by atoms with Crippen LogP contribution in [-0.4, -0.2) is 45.1 Å². The molecule has 8 heteroatoms. The van der Waals surface area contributed by atoms with Crippen LogP contribution in [-0.2, 0) is 53.6 Å². The van der Waals surface area contributed by atoms with Crippen LogP contribution in [0.5, 0.6) is 0 Å². The molecule has 1 aliphatic rings. The summed E-state index contributed by atoms with van der Waals surface area (Å²) in [5, 5.41) is 0. The number of aromatic amines is 4. The summed E-state index contributed by atoms with van der Waals surface area (Å²) in [5.41, 5.74) is 8.12. The van der Waals surface area contributed by atoms with E-state index in [2.05, 4.69) is 112 Å². The summed E-state index contributed by atoms with van der Waals surface area (Å²) in [5.74, 6) is -0.525. The van der Waals surface area contributed by atoms with Crippen LogP contribution in [0.2, 0.25) is 0 Å². The highest BCUT2D eigenvalue weighted by atomic mass is 16.5. The molecular formula is C36H48N4O4. The molecule has 5 heterocycles. The van der Waals surface area contributed by atoms with Gasteiger partial charge in [0.1, 0.15) is 0 Å². The number of rotatable bonds is 6. The number of hydrogen-bond donors (Lipinski definition) is 4. The molecule has 4 N–H and O–H groups in total. The molecular weight excluding hydrogens is 552 g/mol. The fourth-order valence-corrected chi connectivity index (χ4v) is 6.61. The highest BCUT2D eigenvalue weighted by Gasteiger charge is 2.39. The molecule has 0 amide bonds. The van der Waals surface area contributed by atoms with E-state index in [1.54, 1.807) is 0 Å². The lowest BCUT2D eigenvalue weighted by Gasteiger charge is -2.29. The van der Waals surface area contributed by atoms with E-state index < -0.39 is 16.2 Å². The van der Waals surface area contributed by atoms with Crippen LogP contribution >= 0.6 is 0 Å². The predicted molar refractivity (Wildman–Crippen MR) is 172 cm³/mol. The lowest BCUT2D eigenvalue weighted by molar-refractivity contribution is -0.143. The third kappa shape index (κ3) is 5.22. The Balaban J connectivity index is 1.79. The van der Waals surface area contributed by atoms with Crippen molar-refractivity contribution in [2.24, 2.45) is 0 Å². The largest absolute Gasteiger partial charge is 0.466 e. The van der Waals surface area contributed by atoms with Crippen LogP contribution < -0.4 is 0 Å². The van der Waals surface area contributed by atoms with E-state index in [1.807, 2.05) is 13.8 Å². The molecule has 236 valence electrons. The van der Waals surface area contributed by atoms with E-state index in [9.17, 15) is 9.59 Å². The first kappa shape index (κ1) is 31.5. The van der Waals surface area contributed by atoms with Gasteiger partial charge < -0.3 is 29.4 Å². The number of ether oxygens (including phenoxy) is 2. The maximum atomic E-state index is 12.8. The van der Waals surface area contributed by atoms with E-state index in [0.29, 0.717) is 13.2 Å². The average molecular weight is 601 g/mol. The van der Waals surface area contributed by atoms with Gasteiger partial charge in [-0.25, -0.2) is 0 Å². The first-order chi connectivity index (χ1) is 20.5. The van der Waals surface area contributed by atoms with Crippen molar-refractivity contribution in [3.63, 3.8) is 0 Å². The second-order valence-electron chi connectivity index (χ2n) is 14.2. The Hall–Kier alpha value is -3.94. The van der Waals surface area contributed by atoms with Crippen molar-refractivity contribution in [3.05, 3.63) is 93.1 Å². The summed E-state index contributed by atoms with van der Waals surface area (Å²) in [6, 6.07) is 12.9. The van der Waals surface area contributed by atoms with Crippen molar-refractivity contribution in [3.8, 4) is 0 Å². The molecule has 0 saturated heterocycles. The zero-order chi connectivity index (χ0) is 32.2. The standard InChI is InChI=1S/C36H48N4O4/c1-11-43-29(41)19-21-17-27-34(5,6)25-14-13-23(37-25)33(3,4)24-15-16-26(38-24)35(7,8)31-22(20-30(42)44-12-2)18-28(40-31)36(9,10)32(21)39-27/h13-18,37-40H,11-12,19-20H2,1-10H3. The van der Waals surface area contributed by atoms with Crippen molar-refractivity contribution in [1.29, 1.82) is 0 Å². The van der Waals surface area contributed by atoms with Gasteiger partial charge in [0.25, 0.3) is 0 Å². The van der Waals surface area contributed by atoms with Gasteiger partial charge in [-0.2, -0.15) is 0 Å². The average Bonchev–Trinajstić information content (AvgIpc) is 3.74. The molecule has 0 aromatic carbocycles. The monoisotopic (exact) mass is 600 g/mol. The molecule has 0 radical (unpaired) electrons. The van der Waals surface area contributed by atoms with Gasteiger partial charge in [-0.05, 0) is 117 Å². The Morgan fingerprint density at radius 2 is 0.841 bits per heavy atom. The summed E-state index contributed by atoms with van der Waals surface area (Å²) in [4.78, 5) is 40.7. The highest BCUT2D eigenvalue weighted by Crippen LogP contribution is 2.43. The molecule has 0 aliphatic carbocycles. The van der Waals surface area contributed by atoms with E-state index in [1.165, 1.54) is 0 Å². The Morgan fingerprint density at radius 1 is 0.523 bits per heavy atom. The van der Waals surface area contributed by atoms with E-state index in [4.69, 9.17) is 9.47 Å².